The molecule has 0 atom stereocenters. The number of hydrogen-bond acceptors (Lipinski definition) is 6. The summed E-state index contributed by atoms with van der Waals surface area (Å²) in [4.78, 5) is 29.1. The van der Waals surface area contributed by atoms with Crippen molar-refractivity contribution in [2.24, 2.45) is 0 Å². The summed E-state index contributed by atoms with van der Waals surface area (Å²) < 4.78 is 27.0. The summed E-state index contributed by atoms with van der Waals surface area (Å²) in [6, 6.07) is 4.50. The van der Waals surface area contributed by atoms with Gasteiger partial charge >= 0.3 is 0 Å². The fourth-order valence-corrected chi connectivity index (χ4v) is 3.39. The van der Waals surface area contributed by atoms with Crippen LogP contribution in [0.3, 0.4) is 0 Å². The maximum absolute atomic E-state index is 13.8. The van der Waals surface area contributed by atoms with E-state index in [2.05, 4.69) is 4.98 Å². The number of ketones is 1. The van der Waals surface area contributed by atoms with E-state index in [0.29, 0.717) is 18.9 Å². The molecule has 7 nitrogen and oxygen atoms in total. The molecule has 9 heteroatoms. The Morgan fingerprint density at radius 2 is 1.87 bits per heavy atom. The van der Waals surface area contributed by atoms with E-state index >= 15 is 0 Å². The zero-order chi connectivity index (χ0) is 22.5. The predicted octanol–water partition coefficient (Wildman–Crippen LogP) is 3.14. The molecule has 0 spiro atoms. The number of Topliss-reactive ketones (excluding diaryl/α,β-unsaturated/α-hetero) is 1. The molecular weight excluding hydrogens is 410 g/mol. The molecule has 0 aliphatic carbocycles. The fraction of sp³-hybridized carbons (Fsp3) is 0.318. The van der Waals surface area contributed by atoms with Gasteiger partial charge in [0.15, 0.2) is 11.4 Å². The zero-order valence-electron chi connectivity index (χ0n) is 16.6. The summed E-state index contributed by atoms with van der Waals surface area (Å²) in [6.45, 7) is 0.0981. The minimum absolute atomic E-state index is 0.0399. The lowest BCUT2D eigenvalue weighted by Crippen LogP contribution is -2.26. The predicted molar refractivity (Wildman–Crippen MR) is 109 cm³/mol. The van der Waals surface area contributed by atoms with Crippen LogP contribution >= 0.6 is 0 Å². The molecule has 0 aliphatic heterocycles. The number of unbranched alkanes of at least 4 members (excludes halogenated alkanes) is 2. The van der Waals surface area contributed by atoms with Crippen molar-refractivity contribution in [2.75, 3.05) is 6.61 Å². The third kappa shape index (κ3) is 4.88. The highest BCUT2D eigenvalue weighted by atomic mass is 19.1. The number of halogens is 2. The van der Waals surface area contributed by atoms with E-state index in [4.69, 9.17) is 5.11 Å². The molecule has 0 radical (unpaired) electrons. The molecule has 2 aromatic heterocycles. The molecule has 0 aliphatic rings. The lowest BCUT2D eigenvalue weighted by atomic mass is 10.0. The average Bonchev–Trinajstić information content (AvgIpc) is 2.74. The van der Waals surface area contributed by atoms with Gasteiger partial charge in [-0.25, -0.2) is 13.8 Å². The Hall–Kier alpha value is -3.33. The number of aliphatic hydroxyl groups excluding tert-OH is 1. The molecule has 31 heavy (non-hydrogen) atoms. The van der Waals surface area contributed by atoms with Gasteiger partial charge in [0, 0.05) is 25.3 Å². The normalized spacial score (nSPS) is 11.2. The third-order valence-electron chi connectivity index (χ3n) is 5.06. The first kappa shape index (κ1) is 22.4. The lowest BCUT2D eigenvalue weighted by molar-refractivity contribution is 0.0972. The van der Waals surface area contributed by atoms with Crippen molar-refractivity contribution >= 4 is 16.8 Å². The van der Waals surface area contributed by atoms with Gasteiger partial charge < -0.3 is 15.4 Å². The molecule has 3 aromatic rings. The number of fused-ring (bicyclic) bond motifs is 1. The van der Waals surface area contributed by atoms with Crippen LogP contribution in [0, 0.1) is 11.6 Å². The second-order valence-electron chi connectivity index (χ2n) is 7.25. The first-order valence-electron chi connectivity index (χ1n) is 9.87. The van der Waals surface area contributed by atoms with Gasteiger partial charge in [0.2, 0.25) is 0 Å². The Morgan fingerprint density at radius 3 is 2.58 bits per heavy atom. The van der Waals surface area contributed by atoms with E-state index in [-0.39, 0.29) is 40.8 Å². The number of aromatic nitrogens is 2. The molecule has 0 bridgehead atoms. The van der Waals surface area contributed by atoms with Crippen LogP contribution in [0.5, 0.6) is 5.75 Å². The van der Waals surface area contributed by atoms with Gasteiger partial charge in [0.25, 0.3) is 5.56 Å². The minimum Gasteiger partial charge on any atom is -0.506 e. The maximum Gasteiger partial charge on any atom is 0.299 e. The van der Waals surface area contributed by atoms with Crippen LogP contribution in [-0.2, 0) is 12.8 Å². The van der Waals surface area contributed by atoms with E-state index < -0.39 is 34.3 Å². The van der Waals surface area contributed by atoms with Crippen molar-refractivity contribution in [3.05, 3.63) is 69.1 Å². The second kappa shape index (κ2) is 9.65. The molecule has 3 rings (SSSR count). The van der Waals surface area contributed by atoms with Gasteiger partial charge in [0.1, 0.15) is 22.9 Å². The number of nitrogens with zero attached hydrogens (tertiary/aromatic N) is 2. The van der Waals surface area contributed by atoms with E-state index in [9.17, 15) is 28.7 Å². The van der Waals surface area contributed by atoms with Crippen LogP contribution in [0.25, 0.3) is 11.0 Å². The molecular formula is C22H22F2N2O5. The first-order chi connectivity index (χ1) is 14.8. The smallest absolute Gasteiger partial charge is 0.299 e. The molecule has 0 saturated heterocycles. The largest absolute Gasteiger partial charge is 0.506 e. The number of rotatable bonds is 9. The molecule has 3 N–H and O–H groups in total. The minimum atomic E-state index is -1.13. The van der Waals surface area contributed by atoms with E-state index in [1.54, 1.807) is 6.07 Å². The quantitative estimate of drug-likeness (QED) is 0.272. The summed E-state index contributed by atoms with van der Waals surface area (Å²) >= 11 is 0. The van der Waals surface area contributed by atoms with Crippen LogP contribution in [0.2, 0.25) is 0 Å². The van der Waals surface area contributed by atoms with Gasteiger partial charge in [0.05, 0.1) is 5.39 Å². The number of pyridine rings is 2. The number of aliphatic hydroxyl groups is 1. The van der Waals surface area contributed by atoms with Crippen LogP contribution in [0.1, 0.15) is 47.2 Å². The van der Waals surface area contributed by atoms with Crippen molar-refractivity contribution < 1.29 is 29.0 Å². The molecule has 1 aromatic carbocycles. The number of benzene rings is 1. The molecule has 0 unspecified atom stereocenters. The highest BCUT2D eigenvalue weighted by molar-refractivity contribution is 6.03. The summed E-state index contributed by atoms with van der Waals surface area (Å²) in [6.07, 6.45) is 3.84. The van der Waals surface area contributed by atoms with Gasteiger partial charge in [-0.3, -0.25) is 9.59 Å². The monoisotopic (exact) mass is 432 g/mol. The fourth-order valence-electron chi connectivity index (χ4n) is 3.39. The van der Waals surface area contributed by atoms with Gasteiger partial charge in [-0.2, -0.15) is 0 Å². The topological polar surface area (TPSA) is 113 Å². The van der Waals surface area contributed by atoms with Crippen LogP contribution in [0.15, 0.2) is 35.3 Å². The van der Waals surface area contributed by atoms with Crippen molar-refractivity contribution in [1.82, 2.24) is 9.71 Å². The first-order valence-corrected chi connectivity index (χ1v) is 9.87. The molecule has 0 fully saturated rings. The molecule has 0 amide bonds. The maximum atomic E-state index is 13.8. The van der Waals surface area contributed by atoms with E-state index in [0.717, 1.165) is 24.5 Å². The van der Waals surface area contributed by atoms with Crippen molar-refractivity contribution in [3.8, 4) is 5.75 Å². The number of carbonyl (C=O) groups excluding carboxylic acids is 1. The van der Waals surface area contributed by atoms with Crippen molar-refractivity contribution in [1.29, 1.82) is 0 Å². The highest BCUT2D eigenvalue weighted by Crippen LogP contribution is 2.27. The number of aryl methyl sites for hydroxylation is 2. The summed E-state index contributed by atoms with van der Waals surface area (Å²) in [7, 11) is 0. The molecule has 0 saturated carbocycles. The second-order valence-corrected chi connectivity index (χ2v) is 7.25. The number of carbonyl (C=O) groups is 1. The number of hydrogen-bond donors (Lipinski definition) is 3. The lowest BCUT2D eigenvalue weighted by Gasteiger charge is -2.11. The summed E-state index contributed by atoms with van der Waals surface area (Å²) in [5, 5.41) is 29.7. The Balaban J connectivity index is 1.89. The Labute approximate surface area is 176 Å². The average molecular weight is 432 g/mol. The Kier molecular flexibility index (Phi) is 6.96. The molecule has 164 valence electrons. The van der Waals surface area contributed by atoms with Crippen molar-refractivity contribution in [2.45, 2.75) is 38.5 Å². The number of aromatic hydroxyl groups is 1. The van der Waals surface area contributed by atoms with Crippen LogP contribution < -0.4 is 5.56 Å². The SMILES string of the molecule is O=C(CCc1ccc(F)cc1F)c1c(O)c2cc(CCCCCO)cnc2n(O)c1=O. The Morgan fingerprint density at radius 1 is 1.10 bits per heavy atom. The van der Waals surface area contributed by atoms with Crippen LogP contribution in [-0.4, -0.2) is 37.5 Å². The summed E-state index contributed by atoms with van der Waals surface area (Å²) in [5.74, 6) is -2.95. The van der Waals surface area contributed by atoms with Gasteiger partial charge in [-0.05, 0) is 48.9 Å². The van der Waals surface area contributed by atoms with Gasteiger partial charge in [-0.15, -0.1) is 4.73 Å². The highest BCUT2D eigenvalue weighted by Gasteiger charge is 2.23. The van der Waals surface area contributed by atoms with Crippen LogP contribution in [0.4, 0.5) is 8.78 Å². The van der Waals surface area contributed by atoms with Crippen molar-refractivity contribution in [3.63, 3.8) is 0 Å². The Bertz CT molecular complexity index is 1180. The zero-order valence-corrected chi connectivity index (χ0v) is 16.6. The van der Waals surface area contributed by atoms with E-state index in [1.165, 1.54) is 12.3 Å². The summed E-state index contributed by atoms with van der Waals surface area (Å²) in [5.41, 5.74) is -1.12. The third-order valence-corrected chi connectivity index (χ3v) is 5.06. The van der Waals surface area contributed by atoms with E-state index in [1.807, 2.05) is 0 Å². The van der Waals surface area contributed by atoms with Gasteiger partial charge in [-0.1, -0.05) is 12.5 Å². The standard InChI is InChI=1S/C22H22F2N2O5/c23-15-7-5-14(17(24)11-15)6-8-18(28)19-20(29)16-10-13(4-2-1-3-9-27)12-25-21(16)26(31)22(19)30/h5,7,10-12,27,29,31H,1-4,6,8-9H2. The molecule has 2 heterocycles.